The number of nitrogens with one attached hydrogen (secondary N) is 1. The van der Waals surface area contributed by atoms with E-state index in [2.05, 4.69) is 15.3 Å². The lowest BCUT2D eigenvalue weighted by Gasteiger charge is -2.14. The highest BCUT2D eigenvalue weighted by molar-refractivity contribution is 7.77. The van der Waals surface area contributed by atoms with Crippen LogP contribution in [-0.2, 0) is 15.4 Å². The summed E-state index contributed by atoms with van der Waals surface area (Å²) in [5.41, 5.74) is 0.426. The van der Waals surface area contributed by atoms with Gasteiger partial charge in [-0.25, -0.2) is 19.3 Å². The highest BCUT2D eigenvalue weighted by Crippen LogP contribution is 2.11. The Balaban J connectivity index is 2.39. The van der Waals surface area contributed by atoms with Crippen LogP contribution in [0.5, 0.6) is 0 Å². The van der Waals surface area contributed by atoms with Crippen molar-refractivity contribution in [2.45, 2.75) is 19.8 Å². The van der Waals surface area contributed by atoms with Gasteiger partial charge >= 0.3 is 0 Å². The molecule has 2 atom stereocenters. The predicted octanol–water partition coefficient (Wildman–Crippen LogP) is 0.671. The van der Waals surface area contributed by atoms with Crippen molar-refractivity contribution in [3.05, 3.63) is 18.1 Å². The van der Waals surface area contributed by atoms with E-state index < -0.39 is 11.3 Å². The molecule has 19 heavy (non-hydrogen) atoms. The number of aromatic nitrogens is 2. The molecular weight excluding hydrogens is 268 g/mol. The van der Waals surface area contributed by atoms with Crippen LogP contribution in [0, 0.1) is 5.92 Å². The third kappa shape index (κ3) is 5.86. The van der Waals surface area contributed by atoms with Gasteiger partial charge in [0.1, 0.15) is 12.1 Å². The van der Waals surface area contributed by atoms with Crippen LogP contribution in [0.25, 0.3) is 0 Å². The van der Waals surface area contributed by atoms with E-state index in [0.29, 0.717) is 30.8 Å². The quantitative estimate of drug-likeness (QED) is 0.646. The summed E-state index contributed by atoms with van der Waals surface area (Å²) in [4.78, 5) is 18.5. The number of carbonyl (C=O) groups excluding carboxylic acids is 1. The van der Waals surface area contributed by atoms with Crippen molar-refractivity contribution >= 4 is 23.4 Å². The van der Waals surface area contributed by atoms with E-state index in [-0.39, 0.29) is 5.92 Å². The summed E-state index contributed by atoms with van der Waals surface area (Å²) in [6.45, 7) is 3.01. The van der Waals surface area contributed by atoms with Gasteiger partial charge in [-0.3, -0.25) is 8.98 Å². The van der Waals surface area contributed by atoms with E-state index in [4.69, 9.17) is 9.32 Å². The Bertz CT molecular complexity index is 430. The molecule has 0 aliphatic carbocycles. The lowest BCUT2D eigenvalue weighted by atomic mass is 10.0. The largest absolute Gasteiger partial charge is 0.369 e. The zero-order valence-electron chi connectivity index (χ0n) is 10.7. The van der Waals surface area contributed by atoms with Gasteiger partial charge in [-0.05, 0) is 12.3 Å². The van der Waals surface area contributed by atoms with E-state index in [9.17, 15) is 9.00 Å². The van der Waals surface area contributed by atoms with Crippen LogP contribution in [-0.4, -0.2) is 33.6 Å². The van der Waals surface area contributed by atoms with Crippen LogP contribution < -0.4 is 10.5 Å². The van der Waals surface area contributed by atoms with E-state index in [0.717, 1.165) is 12.8 Å². The number of anilines is 1. The SMILES string of the molecule is CCC(CCNc1ncncc1C=O)COS(N)=O. The molecule has 0 radical (unpaired) electrons. The average Bonchev–Trinajstić information content (AvgIpc) is 2.42. The fourth-order valence-corrected chi connectivity index (χ4v) is 1.86. The summed E-state index contributed by atoms with van der Waals surface area (Å²) in [7, 11) is 0. The Kier molecular flexibility index (Phi) is 7.16. The number of rotatable bonds is 9. The molecule has 0 saturated carbocycles. The normalized spacial score (nSPS) is 13.8. The Morgan fingerprint density at radius 1 is 1.63 bits per heavy atom. The number of hydrogen-bond acceptors (Lipinski definition) is 6. The van der Waals surface area contributed by atoms with Crippen molar-refractivity contribution in [1.82, 2.24) is 9.97 Å². The molecule has 0 aliphatic heterocycles. The Labute approximate surface area is 114 Å². The topological polar surface area (TPSA) is 107 Å². The molecule has 0 spiro atoms. The van der Waals surface area contributed by atoms with Crippen molar-refractivity contribution in [3.63, 3.8) is 0 Å². The summed E-state index contributed by atoms with van der Waals surface area (Å²) in [6, 6.07) is 0. The predicted molar refractivity (Wildman–Crippen MR) is 72.6 cm³/mol. The highest BCUT2D eigenvalue weighted by atomic mass is 32.2. The Hall–Kier alpha value is -1.38. The molecule has 1 aromatic heterocycles. The van der Waals surface area contributed by atoms with Crippen molar-refractivity contribution in [1.29, 1.82) is 0 Å². The number of aldehydes is 1. The van der Waals surface area contributed by atoms with Crippen molar-refractivity contribution in [3.8, 4) is 0 Å². The van der Waals surface area contributed by atoms with Crippen LogP contribution >= 0.6 is 0 Å². The monoisotopic (exact) mass is 286 g/mol. The van der Waals surface area contributed by atoms with E-state index in [1.165, 1.54) is 12.5 Å². The van der Waals surface area contributed by atoms with Gasteiger partial charge in [-0.2, -0.15) is 0 Å². The summed E-state index contributed by atoms with van der Waals surface area (Å²) in [6.07, 6.45) is 5.24. The molecule has 1 rings (SSSR count). The lowest BCUT2D eigenvalue weighted by Crippen LogP contribution is -2.18. The maximum atomic E-state index is 10.8. The fraction of sp³-hybridized carbons (Fsp3) is 0.545. The molecule has 0 saturated heterocycles. The first kappa shape index (κ1) is 15.7. The first-order valence-electron chi connectivity index (χ1n) is 5.95. The molecule has 0 amide bonds. The first-order valence-corrected chi connectivity index (χ1v) is 7.09. The van der Waals surface area contributed by atoms with Gasteiger partial charge in [-0.15, -0.1) is 0 Å². The third-order valence-electron chi connectivity index (χ3n) is 2.71. The number of hydrogen-bond donors (Lipinski definition) is 2. The minimum Gasteiger partial charge on any atom is -0.369 e. The van der Waals surface area contributed by atoms with Gasteiger partial charge in [0.25, 0.3) is 0 Å². The molecular formula is C11H18N4O3S. The standard InChI is InChI=1S/C11H18N4O3S/c1-2-9(7-18-19(12)17)3-4-14-11-10(6-16)5-13-8-15-11/h5-6,8-9H,2-4,7,12H2,1H3,(H,13,14,15). The van der Waals surface area contributed by atoms with Crippen LogP contribution in [0.4, 0.5) is 5.82 Å². The van der Waals surface area contributed by atoms with Crippen LogP contribution in [0.1, 0.15) is 30.1 Å². The van der Waals surface area contributed by atoms with Crippen molar-refractivity contribution in [2.75, 3.05) is 18.5 Å². The minimum atomic E-state index is -1.72. The molecule has 0 aromatic carbocycles. The number of carbonyl (C=O) groups is 1. The average molecular weight is 286 g/mol. The number of nitrogens with two attached hydrogens (primary N) is 1. The van der Waals surface area contributed by atoms with Crippen LogP contribution in [0.2, 0.25) is 0 Å². The third-order valence-corrected chi connectivity index (χ3v) is 3.08. The van der Waals surface area contributed by atoms with Gasteiger partial charge in [-0.1, -0.05) is 13.3 Å². The second kappa shape index (κ2) is 8.68. The zero-order valence-corrected chi connectivity index (χ0v) is 11.6. The maximum Gasteiger partial charge on any atom is 0.231 e. The minimum absolute atomic E-state index is 0.251. The van der Waals surface area contributed by atoms with Crippen LogP contribution in [0.15, 0.2) is 12.5 Å². The van der Waals surface area contributed by atoms with Gasteiger partial charge in [0.15, 0.2) is 6.29 Å². The van der Waals surface area contributed by atoms with Gasteiger partial charge in [0.05, 0.1) is 12.2 Å². The zero-order chi connectivity index (χ0) is 14.1. The van der Waals surface area contributed by atoms with E-state index in [1.54, 1.807) is 0 Å². The molecule has 3 N–H and O–H groups in total. The second-order valence-corrected chi connectivity index (χ2v) is 4.74. The molecule has 8 heteroatoms. The molecule has 106 valence electrons. The summed E-state index contributed by atoms with van der Waals surface area (Å²) >= 11 is -1.72. The molecule has 1 aromatic rings. The fourth-order valence-electron chi connectivity index (χ4n) is 1.54. The Morgan fingerprint density at radius 3 is 3.05 bits per heavy atom. The van der Waals surface area contributed by atoms with Crippen molar-refractivity contribution < 1.29 is 13.2 Å². The molecule has 7 nitrogen and oxygen atoms in total. The summed E-state index contributed by atoms with van der Waals surface area (Å²) in [5.74, 6) is 0.768. The molecule has 2 unspecified atom stereocenters. The van der Waals surface area contributed by atoms with Crippen molar-refractivity contribution in [2.24, 2.45) is 11.1 Å². The summed E-state index contributed by atoms with van der Waals surface area (Å²) in [5, 5.41) is 8.10. The molecule has 1 heterocycles. The van der Waals surface area contributed by atoms with E-state index in [1.807, 2.05) is 6.92 Å². The molecule has 0 fully saturated rings. The van der Waals surface area contributed by atoms with Gasteiger partial charge < -0.3 is 5.32 Å². The van der Waals surface area contributed by atoms with E-state index >= 15 is 0 Å². The molecule has 0 aliphatic rings. The highest BCUT2D eigenvalue weighted by Gasteiger charge is 2.09. The maximum absolute atomic E-state index is 10.8. The Morgan fingerprint density at radius 2 is 2.42 bits per heavy atom. The smallest absolute Gasteiger partial charge is 0.231 e. The second-order valence-electron chi connectivity index (χ2n) is 3.98. The van der Waals surface area contributed by atoms with Crippen LogP contribution in [0.3, 0.4) is 0 Å². The first-order chi connectivity index (χ1) is 9.17. The van der Waals surface area contributed by atoms with Gasteiger partial charge in [0.2, 0.25) is 11.3 Å². The lowest BCUT2D eigenvalue weighted by molar-refractivity contribution is 0.112. The van der Waals surface area contributed by atoms with Gasteiger partial charge in [0, 0.05) is 12.7 Å². The summed E-state index contributed by atoms with van der Waals surface area (Å²) < 4.78 is 15.5. The molecule has 0 bridgehead atoms. The number of nitrogens with zero attached hydrogens (tertiary/aromatic N) is 2.